The SMILES string of the molecule is Oc1cc(Cl)nc(C(Cl)(Cl)Cl)n1. The molecule has 3 nitrogen and oxygen atoms in total. The fourth-order valence-electron chi connectivity index (χ4n) is 0.533. The molecule has 1 aromatic rings. The fourth-order valence-corrected chi connectivity index (χ4v) is 0.964. The highest BCUT2D eigenvalue weighted by Crippen LogP contribution is 2.36. The Bertz CT molecular complexity index is 278. The number of alkyl halides is 3. The first kappa shape index (κ1) is 10.1. The Labute approximate surface area is 88.2 Å². The summed E-state index contributed by atoms with van der Waals surface area (Å²) in [5, 5.41) is 8.96. The van der Waals surface area contributed by atoms with Crippen molar-refractivity contribution in [2.75, 3.05) is 0 Å². The van der Waals surface area contributed by atoms with Gasteiger partial charge in [0.05, 0.1) is 0 Å². The number of rotatable bonds is 0. The van der Waals surface area contributed by atoms with Gasteiger partial charge in [0.25, 0.3) is 0 Å². The second kappa shape index (κ2) is 3.42. The van der Waals surface area contributed by atoms with Crippen molar-refractivity contribution in [1.29, 1.82) is 0 Å². The summed E-state index contributed by atoms with van der Waals surface area (Å²) in [6, 6.07) is 1.14. The molecule has 0 amide bonds. The lowest BCUT2D eigenvalue weighted by Crippen LogP contribution is -2.06. The second-order valence-corrected chi connectivity index (χ2v) is 4.54. The van der Waals surface area contributed by atoms with E-state index in [0.29, 0.717) is 0 Å². The first-order valence-electron chi connectivity index (χ1n) is 2.70. The summed E-state index contributed by atoms with van der Waals surface area (Å²) in [5.41, 5.74) is 0. The van der Waals surface area contributed by atoms with E-state index >= 15 is 0 Å². The molecule has 0 unspecified atom stereocenters. The van der Waals surface area contributed by atoms with Gasteiger partial charge in [-0.1, -0.05) is 46.4 Å². The molecule has 0 aliphatic carbocycles. The van der Waals surface area contributed by atoms with Gasteiger partial charge in [-0.2, -0.15) is 4.98 Å². The van der Waals surface area contributed by atoms with Crippen molar-refractivity contribution in [3.8, 4) is 5.88 Å². The van der Waals surface area contributed by atoms with Crippen LogP contribution in [0.25, 0.3) is 0 Å². The highest BCUT2D eigenvalue weighted by Gasteiger charge is 2.27. The van der Waals surface area contributed by atoms with Crippen LogP contribution in [-0.2, 0) is 3.79 Å². The van der Waals surface area contributed by atoms with Gasteiger partial charge < -0.3 is 5.11 Å². The minimum atomic E-state index is -1.78. The quantitative estimate of drug-likeness (QED) is 0.567. The summed E-state index contributed by atoms with van der Waals surface area (Å²) in [6.07, 6.45) is 0. The fraction of sp³-hybridized carbons (Fsp3) is 0.200. The smallest absolute Gasteiger partial charge is 0.250 e. The maximum Gasteiger partial charge on any atom is 0.250 e. The minimum absolute atomic E-state index is 0.0174. The molecule has 0 radical (unpaired) electrons. The van der Waals surface area contributed by atoms with E-state index in [1.165, 1.54) is 0 Å². The number of aromatic nitrogens is 2. The summed E-state index contributed by atoms with van der Waals surface area (Å²) in [6.45, 7) is 0. The van der Waals surface area contributed by atoms with Crippen molar-refractivity contribution in [3.05, 3.63) is 17.0 Å². The molecular weight excluding hydrogens is 246 g/mol. The van der Waals surface area contributed by atoms with Gasteiger partial charge in [0.1, 0.15) is 5.15 Å². The summed E-state index contributed by atoms with van der Waals surface area (Å²) in [7, 11) is 0. The number of nitrogens with zero attached hydrogens (tertiary/aromatic N) is 2. The van der Waals surface area contributed by atoms with Crippen molar-refractivity contribution in [2.45, 2.75) is 3.79 Å². The predicted molar refractivity (Wildman–Crippen MR) is 47.9 cm³/mol. The van der Waals surface area contributed by atoms with Crippen molar-refractivity contribution >= 4 is 46.4 Å². The topological polar surface area (TPSA) is 46.0 Å². The highest BCUT2D eigenvalue weighted by atomic mass is 35.6. The van der Waals surface area contributed by atoms with Crippen molar-refractivity contribution in [1.82, 2.24) is 9.97 Å². The van der Waals surface area contributed by atoms with Crippen molar-refractivity contribution < 1.29 is 5.11 Å². The van der Waals surface area contributed by atoms with Crippen LogP contribution in [0, 0.1) is 0 Å². The van der Waals surface area contributed by atoms with Crippen LogP contribution >= 0.6 is 46.4 Å². The van der Waals surface area contributed by atoms with E-state index in [1.807, 2.05) is 0 Å². The third-order valence-electron chi connectivity index (χ3n) is 0.935. The monoisotopic (exact) mass is 246 g/mol. The molecule has 1 rings (SSSR count). The molecule has 0 aliphatic heterocycles. The average Bonchev–Trinajstić information content (AvgIpc) is 1.82. The number of halogens is 4. The zero-order valence-electron chi connectivity index (χ0n) is 5.43. The van der Waals surface area contributed by atoms with E-state index in [-0.39, 0.29) is 16.9 Å². The Morgan fingerprint density at radius 3 is 2.25 bits per heavy atom. The Morgan fingerprint density at radius 2 is 1.83 bits per heavy atom. The number of hydrogen-bond donors (Lipinski definition) is 1. The van der Waals surface area contributed by atoms with Crippen molar-refractivity contribution in [3.63, 3.8) is 0 Å². The molecule has 0 bridgehead atoms. The molecule has 1 N–H and O–H groups in total. The molecule has 0 atom stereocenters. The lowest BCUT2D eigenvalue weighted by molar-refractivity contribution is 0.449. The van der Waals surface area contributed by atoms with Gasteiger partial charge >= 0.3 is 0 Å². The van der Waals surface area contributed by atoms with Gasteiger partial charge in [-0.05, 0) is 0 Å². The molecule has 0 aromatic carbocycles. The van der Waals surface area contributed by atoms with Crippen LogP contribution in [0.3, 0.4) is 0 Å². The van der Waals surface area contributed by atoms with Gasteiger partial charge in [-0.25, -0.2) is 4.98 Å². The van der Waals surface area contributed by atoms with Crippen LogP contribution in [0.1, 0.15) is 5.82 Å². The van der Waals surface area contributed by atoms with Gasteiger partial charge in [0, 0.05) is 6.07 Å². The molecule has 1 aromatic heterocycles. The molecule has 0 spiro atoms. The maximum absolute atomic E-state index is 8.95. The van der Waals surface area contributed by atoms with Crippen LogP contribution in [0.15, 0.2) is 6.07 Å². The molecular formula is C5H2Cl4N2O. The van der Waals surface area contributed by atoms with Crippen LogP contribution in [-0.4, -0.2) is 15.1 Å². The summed E-state index contributed by atoms with van der Waals surface area (Å²) in [4.78, 5) is 7.07. The summed E-state index contributed by atoms with van der Waals surface area (Å²) >= 11 is 21.8. The third kappa shape index (κ3) is 2.52. The van der Waals surface area contributed by atoms with Crippen molar-refractivity contribution in [2.24, 2.45) is 0 Å². The van der Waals surface area contributed by atoms with Gasteiger partial charge in [-0.15, -0.1) is 0 Å². The van der Waals surface area contributed by atoms with Gasteiger partial charge in [0.15, 0.2) is 5.82 Å². The lowest BCUT2D eigenvalue weighted by Gasteiger charge is -2.08. The zero-order valence-corrected chi connectivity index (χ0v) is 8.45. The first-order valence-corrected chi connectivity index (χ1v) is 4.21. The Hall–Kier alpha value is 0.0400. The van der Waals surface area contributed by atoms with E-state index in [2.05, 4.69) is 9.97 Å². The van der Waals surface area contributed by atoms with E-state index in [0.717, 1.165) is 6.07 Å². The molecule has 1 heterocycles. The maximum atomic E-state index is 8.95. The molecule has 0 fully saturated rings. The van der Waals surface area contributed by atoms with E-state index in [9.17, 15) is 0 Å². The molecule has 0 aliphatic rings. The van der Waals surface area contributed by atoms with Crippen LogP contribution in [0.2, 0.25) is 5.15 Å². The molecule has 7 heteroatoms. The average molecular weight is 248 g/mol. The Kier molecular flexibility index (Phi) is 2.88. The van der Waals surface area contributed by atoms with Gasteiger partial charge in [-0.3, -0.25) is 0 Å². The molecule has 0 saturated heterocycles. The number of aromatic hydroxyl groups is 1. The second-order valence-electron chi connectivity index (χ2n) is 1.87. The molecule has 66 valence electrons. The Balaban J connectivity index is 3.18. The molecule has 12 heavy (non-hydrogen) atoms. The molecule has 0 saturated carbocycles. The highest BCUT2D eigenvalue weighted by molar-refractivity contribution is 6.66. The Morgan fingerprint density at radius 1 is 1.25 bits per heavy atom. The lowest BCUT2D eigenvalue weighted by atomic mass is 10.6. The predicted octanol–water partition coefficient (Wildman–Crippen LogP) is 2.66. The van der Waals surface area contributed by atoms with E-state index in [1.54, 1.807) is 0 Å². The van der Waals surface area contributed by atoms with Gasteiger partial charge in [0.2, 0.25) is 9.67 Å². The first-order chi connectivity index (χ1) is 5.39. The largest absolute Gasteiger partial charge is 0.493 e. The standard InChI is InChI=1S/C5H2Cl4N2O/c6-2-1-3(12)11-4(10-2)5(7,8)9/h1H,(H,10,11,12). The third-order valence-corrected chi connectivity index (χ3v) is 1.64. The van der Waals surface area contributed by atoms with Crippen LogP contribution < -0.4 is 0 Å². The minimum Gasteiger partial charge on any atom is -0.493 e. The van der Waals surface area contributed by atoms with Crippen LogP contribution in [0.5, 0.6) is 5.88 Å². The van der Waals surface area contributed by atoms with Crippen LogP contribution in [0.4, 0.5) is 0 Å². The zero-order chi connectivity index (χ0) is 9.35. The van der Waals surface area contributed by atoms with E-state index in [4.69, 9.17) is 51.5 Å². The summed E-state index contributed by atoms with van der Waals surface area (Å²) in [5.74, 6) is -0.492. The van der Waals surface area contributed by atoms with E-state index < -0.39 is 3.79 Å². The summed E-state index contributed by atoms with van der Waals surface area (Å²) < 4.78 is -1.78. The normalized spacial score (nSPS) is 11.7. The number of hydrogen-bond acceptors (Lipinski definition) is 3.